The maximum atomic E-state index is 12.8. The Labute approximate surface area is 134 Å². The van der Waals surface area contributed by atoms with Crippen LogP contribution in [-0.2, 0) is 19.6 Å². The van der Waals surface area contributed by atoms with E-state index in [0.717, 1.165) is 4.31 Å². The van der Waals surface area contributed by atoms with E-state index in [1.165, 1.54) is 32.5 Å². The molecule has 1 heterocycles. The van der Waals surface area contributed by atoms with Crippen molar-refractivity contribution in [3.05, 3.63) is 48.7 Å². The smallest absolute Gasteiger partial charge is 0.326 e. The summed E-state index contributed by atoms with van der Waals surface area (Å²) in [5.41, 5.74) is 0.278. The molecular weight excluding hydrogens is 320 g/mol. The number of carbonyl (C=O) groups is 1. The molecule has 0 saturated heterocycles. The Bertz CT molecular complexity index is 777. The van der Waals surface area contributed by atoms with Gasteiger partial charge in [-0.3, -0.25) is 9.10 Å². The lowest BCUT2D eigenvalue weighted by Gasteiger charge is -2.23. The fourth-order valence-corrected chi connectivity index (χ4v) is 3.21. The highest BCUT2D eigenvalue weighted by Gasteiger charge is 2.28. The summed E-state index contributed by atoms with van der Waals surface area (Å²) < 4.78 is 36.2. The molecule has 0 fully saturated rings. The second-order valence-corrected chi connectivity index (χ2v) is 6.27. The van der Waals surface area contributed by atoms with Gasteiger partial charge in [0.25, 0.3) is 10.0 Å². The summed E-state index contributed by atoms with van der Waals surface area (Å²) in [6.45, 7) is -0.470. The van der Waals surface area contributed by atoms with E-state index in [-0.39, 0.29) is 10.7 Å². The first-order chi connectivity index (χ1) is 11.0. The maximum Gasteiger partial charge on any atom is 0.326 e. The molecule has 0 amide bonds. The van der Waals surface area contributed by atoms with Crippen LogP contribution in [0.2, 0.25) is 0 Å². The van der Waals surface area contributed by atoms with Crippen molar-refractivity contribution in [3.8, 4) is 5.75 Å². The second kappa shape index (κ2) is 7.10. The van der Waals surface area contributed by atoms with Gasteiger partial charge in [-0.25, -0.2) is 4.98 Å². The van der Waals surface area contributed by atoms with E-state index in [1.54, 1.807) is 30.3 Å². The molecule has 1 aromatic carbocycles. The molecule has 122 valence electrons. The van der Waals surface area contributed by atoms with Crippen molar-refractivity contribution in [2.24, 2.45) is 0 Å². The summed E-state index contributed by atoms with van der Waals surface area (Å²) in [6.07, 6.45) is 1.37. The third-order valence-electron chi connectivity index (χ3n) is 3.03. The van der Waals surface area contributed by atoms with Crippen LogP contribution in [0.1, 0.15) is 0 Å². The number of hydrogen-bond acceptors (Lipinski definition) is 6. The number of anilines is 1. The zero-order valence-electron chi connectivity index (χ0n) is 12.7. The summed E-state index contributed by atoms with van der Waals surface area (Å²) in [5, 5.41) is -0.160. The van der Waals surface area contributed by atoms with E-state index < -0.39 is 22.5 Å². The Kier molecular flexibility index (Phi) is 5.17. The van der Waals surface area contributed by atoms with Gasteiger partial charge in [-0.15, -0.1) is 0 Å². The largest absolute Gasteiger partial charge is 0.497 e. The standard InChI is InChI=1S/C15H16N2O5S/c1-21-13-7-5-6-12(10-13)17(11-15(18)22-2)23(19,20)14-8-3-4-9-16-14/h3-10H,11H2,1-2H3. The Morgan fingerprint density at radius 2 is 1.96 bits per heavy atom. The van der Waals surface area contributed by atoms with E-state index in [4.69, 9.17) is 4.74 Å². The average molecular weight is 336 g/mol. The van der Waals surface area contributed by atoms with E-state index >= 15 is 0 Å². The van der Waals surface area contributed by atoms with Crippen LogP contribution in [0.3, 0.4) is 0 Å². The van der Waals surface area contributed by atoms with E-state index in [9.17, 15) is 13.2 Å². The number of carbonyl (C=O) groups excluding carboxylic acids is 1. The maximum absolute atomic E-state index is 12.8. The molecule has 0 saturated carbocycles. The zero-order chi connectivity index (χ0) is 16.9. The molecule has 1 aromatic heterocycles. The number of benzene rings is 1. The second-order valence-electron chi connectivity index (χ2n) is 4.46. The molecule has 2 aromatic rings. The van der Waals surface area contributed by atoms with E-state index in [2.05, 4.69) is 9.72 Å². The number of methoxy groups -OCH3 is 2. The Morgan fingerprint density at radius 1 is 1.17 bits per heavy atom. The van der Waals surface area contributed by atoms with Crippen LogP contribution in [0.4, 0.5) is 5.69 Å². The third-order valence-corrected chi connectivity index (χ3v) is 4.72. The van der Waals surface area contributed by atoms with Gasteiger partial charge in [-0.1, -0.05) is 12.1 Å². The summed E-state index contributed by atoms with van der Waals surface area (Å²) in [5.74, 6) is -0.221. The normalized spacial score (nSPS) is 10.9. The predicted octanol–water partition coefficient (Wildman–Crippen LogP) is 1.46. The minimum Gasteiger partial charge on any atom is -0.497 e. The lowest BCUT2D eigenvalue weighted by molar-refractivity contribution is -0.138. The minimum absolute atomic E-state index is 0.160. The number of hydrogen-bond donors (Lipinski definition) is 0. The lowest BCUT2D eigenvalue weighted by atomic mass is 10.3. The quantitative estimate of drug-likeness (QED) is 0.742. The molecule has 0 radical (unpaired) electrons. The first-order valence-corrected chi connectivity index (χ1v) is 8.07. The van der Waals surface area contributed by atoms with Crippen molar-refractivity contribution in [1.82, 2.24) is 4.98 Å². The van der Waals surface area contributed by atoms with Crippen LogP contribution in [0.25, 0.3) is 0 Å². The molecule has 0 aliphatic carbocycles. The van der Waals surface area contributed by atoms with Gasteiger partial charge in [0.15, 0.2) is 5.03 Å². The third kappa shape index (κ3) is 3.78. The van der Waals surface area contributed by atoms with Crippen LogP contribution in [0.5, 0.6) is 5.75 Å². The van der Waals surface area contributed by atoms with Crippen molar-refractivity contribution in [2.75, 3.05) is 25.1 Å². The fourth-order valence-electron chi connectivity index (χ4n) is 1.88. The van der Waals surface area contributed by atoms with Gasteiger partial charge >= 0.3 is 5.97 Å². The molecule has 0 atom stereocenters. The Morgan fingerprint density at radius 3 is 2.57 bits per heavy atom. The highest BCUT2D eigenvalue weighted by Crippen LogP contribution is 2.26. The molecule has 23 heavy (non-hydrogen) atoms. The van der Waals surface area contributed by atoms with Gasteiger partial charge in [0, 0.05) is 12.3 Å². The number of esters is 1. The van der Waals surface area contributed by atoms with Gasteiger partial charge in [-0.2, -0.15) is 8.42 Å². The minimum atomic E-state index is -4.02. The average Bonchev–Trinajstić information content (AvgIpc) is 2.60. The fraction of sp³-hybridized carbons (Fsp3) is 0.200. The van der Waals surface area contributed by atoms with Crippen LogP contribution in [0, 0.1) is 0 Å². The number of rotatable bonds is 6. The zero-order valence-corrected chi connectivity index (χ0v) is 13.5. The number of pyridine rings is 1. The molecule has 0 unspecified atom stereocenters. The molecule has 0 aliphatic heterocycles. The van der Waals surface area contributed by atoms with Gasteiger partial charge < -0.3 is 9.47 Å². The van der Waals surface area contributed by atoms with Gasteiger partial charge in [0.2, 0.25) is 0 Å². The van der Waals surface area contributed by atoms with Gasteiger partial charge in [-0.05, 0) is 24.3 Å². The number of ether oxygens (including phenoxy) is 2. The summed E-state index contributed by atoms with van der Waals surface area (Å²) >= 11 is 0. The molecular formula is C15H16N2O5S. The number of nitrogens with zero attached hydrogens (tertiary/aromatic N) is 2. The molecule has 0 spiro atoms. The van der Waals surface area contributed by atoms with E-state index in [0.29, 0.717) is 5.75 Å². The molecule has 8 heteroatoms. The summed E-state index contributed by atoms with van der Waals surface area (Å²) in [6, 6.07) is 10.9. The summed E-state index contributed by atoms with van der Waals surface area (Å²) in [7, 11) is -1.36. The Balaban J connectivity index is 2.51. The Hall–Kier alpha value is -2.61. The van der Waals surface area contributed by atoms with Crippen LogP contribution >= 0.6 is 0 Å². The van der Waals surface area contributed by atoms with Gasteiger partial charge in [0.05, 0.1) is 19.9 Å². The predicted molar refractivity (Wildman–Crippen MR) is 83.8 cm³/mol. The van der Waals surface area contributed by atoms with E-state index in [1.807, 2.05) is 0 Å². The number of sulfonamides is 1. The van der Waals surface area contributed by atoms with Crippen molar-refractivity contribution < 1.29 is 22.7 Å². The highest BCUT2D eigenvalue weighted by molar-refractivity contribution is 7.92. The van der Waals surface area contributed by atoms with Crippen molar-refractivity contribution in [1.29, 1.82) is 0 Å². The number of aromatic nitrogens is 1. The highest BCUT2D eigenvalue weighted by atomic mass is 32.2. The van der Waals surface area contributed by atoms with Crippen LogP contribution in [0.15, 0.2) is 53.7 Å². The van der Waals surface area contributed by atoms with Crippen LogP contribution in [-0.4, -0.2) is 40.1 Å². The monoisotopic (exact) mass is 336 g/mol. The van der Waals surface area contributed by atoms with Crippen molar-refractivity contribution in [3.63, 3.8) is 0 Å². The van der Waals surface area contributed by atoms with Crippen molar-refractivity contribution >= 4 is 21.7 Å². The SMILES string of the molecule is COC(=O)CN(c1cccc(OC)c1)S(=O)(=O)c1ccccn1. The van der Waals surface area contributed by atoms with Crippen molar-refractivity contribution in [2.45, 2.75) is 5.03 Å². The molecule has 7 nitrogen and oxygen atoms in total. The molecule has 0 N–H and O–H groups in total. The first-order valence-electron chi connectivity index (χ1n) is 6.63. The lowest BCUT2D eigenvalue weighted by Crippen LogP contribution is -2.36. The molecule has 0 bridgehead atoms. The first kappa shape index (κ1) is 16.8. The van der Waals surface area contributed by atoms with Crippen LogP contribution < -0.4 is 9.04 Å². The topological polar surface area (TPSA) is 85.8 Å². The molecule has 0 aliphatic rings. The summed E-state index contributed by atoms with van der Waals surface area (Å²) in [4.78, 5) is 15.5. The van der Waals surface area contributed by atoms with Gasteiger partial charge in [0.1, 0.15) is 12.3 Å². The molecule has 2 rings (SSSR count).